The fourth-order valence-electron chi connectivity index (χ4n) is 1.02. The second-order valence-corrected chi connectivity index (χ2v) is 6.46. The lowest BCUT2D eigenvalue weighted by Crippen LogP contribution is -2.09. The Bertz CT molecular complexity index is 525. The lowest BCUT2D eigenvalue weighted by atomic mass is 10.4. The number of hydrogen-bond donors (Lipinski definition) is 1. The van der Waals surface area contributed by atoms with Crippen LogP contribution in [0.3, 0.4) is 0 Å². The molecule has 74 valence electrons. The van der Waals surface area contributed by atoms with Gasteiger partial charge in [0.2, 0.25) is 10.0 Å². The SMILES string of the molecule is NS(=O)(=O)c1ccc(-c2cccs2)s1. The molecule has 0 aliphatic rings. The fourth-order valence-corrected chi connectivity index (χ4v) is 3.59. The first-order valence-electron chi connectivity index (χ1n) is 3.74. The Morgan fingerprint density at radius 3 is 2.43 bits per heavy atom. The molecule has 0 saturated heterocycles. The van der Waals surface area contributed by atoms with Crippen LogP contribution in [0.2, 0.25) is 0 Å². The van der Waals surface area contributed by atoms with Crippen molar-refractivity contribution in [1.29, 1.82) is 0 Å². The molecule has 0 aliphatic heterocycles. The molecule has 0 unspecified atom stereocenters. The van der Waals surface area contributed by atoms with Gasteiger partial charge in [0.05, 0.1) is 0 Å². The first-order valence-corrected chi connectivity index (χ1v) is 6.98. The van der Waals surface area contributed by atoms with Crippen molar-refractivity contribution in [2.75, 3.05) is 0 Å². The topological polar surface area (TPSA) is 60.2 Å². The van der Waals surface area contributed by atoms with Crippen LogP contribution in [0, 0.1) is 0 Å². The van der Waals surface area contributed by atoms with Crippen molar-refractivity contribution in [3.63, 3.8) is 0 Å². The fraction of sp³-hybridized carbons (Fsp3) is 0. The van der Waals surface area contributed by atoms with E-state index in [1.165, 1.54) is 17.4 Å². The number of nitrogens with two attached hydrogens (primary N) is 1. The Labute approximate surface area is 89.9 Å². The summed E-state index contributed by atoms with van der Waals surface area (Å²) in [4.78, 5) is 1.99. The van der Waals surface area contributed by atoms with E-state index in [2.05, 4.69) is 0 Å². The van der Waals surface area contributed by atoms with E-state index in [0.29, 0.717) is 0 Å². The largest absolute Gasteiger partial charge is 0.247 e. The molecule has 0 radical (unpaired) electrons. The Balaban J connectivity index is 2.46. The average molecular weight is 245 g/mol. The van der Waals surface area contributed by atoms with Crippen LogP contribution in [0.5, 0.6) is 0 Å². The molecule has 2 aromatic heterocycles. The Kier molecular flexibility index (Phi) is 2.44. The molecule has 0 amide bonds. The van der Waals surface area contributed by atoms with E-state index < -0.39 is 10.0 Å². The van der Waals surface area contributed by atoms with Crippen LogP contribution < -0.4 is 5.14 Å². The Morgan fingerprint density at radius 1 is 1.14 bits per heavy atom. The predicted molar refractivity (Wildman–Crippen MR) is 59.0 cm³/mol. The maximum atomic E-state index is 11.0. The second kappa shape index (κ2) is 3.47. The standard InChI is InChI=1S/C8H7NO2S3/c9-14(10,11)8-4-3-7(13-8)6-2-1-5-12-6/h1-5H,(H2,9,10,11). The van der Waals surface area contributed by atoms with Crippen molar-refractivity contribution in [3.8, 4) is 9.75 Å². The van der Waals surface area contributed by atoms with Crippen LogP contribution in [0.25, 0.3) is 9.75 Å². The molecule has 2 rings (SSSR count). The predicted octanol–water partition coefficient (Wildman–Crippen LogP) is 2.12. The van der Waals surface area contributed by atoms with Gasteiger partial charge >= 0.3 is 0 Å². The third kappa shape index (κ3) is 1.88. The molecule has 14 heavy (non-hydrogen) atoms. The Morgan fingerprint density at radius 2 is 1.93 bits per heavy atom. The zero-order valence-electron chi connectivity index (χ0n) is 7.01. The van der Waals surface area contributed by atoms with Crippen LogP contribution in [0.15, 0.2) is 33.9 Å². The minimum Gasteiger partial charge on any atom is -0.224 e. The molecule has 0 fully saturated rings. The molecular weight excluding hydrogens is 238 g/mol. The van der Waals surface area contributed by atoms with Crippen molar-refractivity contribution in [1.82, 2.24) is 0 Å². The summed E-state index contributed by atoms with van der Waals surface area (Å²) in [6, 6.07) is 7.19. The molecule has 2 aromatic rings. The molecule has 3 nitrogen and oxygen atoms in total. The summed E-state index contributed by atoms with van der Waals surface area (Å²) in [6.07, 6.45) is 0. The molecule has 0 atom stereocenters. The average Bonchev–Trinajstić information content (AvgIpc) is 2.73. The van der Waals surface area contributed by atoms with Crippen molar-refractivity contribution in [3.05, 3.63) is 29.6 Å². The van der Waals surface area contributed by atoms with Gasteiger partial charge in [-0.1, -0.05) is 6.07 Å². The van der Waals surface area contributed by atoms with Crippen LogP contribution in [-0.2, 0) is 10.0 Å². The molecule has 0 spiro atoms. The maximum Gasteiger partial charge on any atom is 0.247 e. The summed E-state index contributed by atoms with van der Waals surface area (Å²) >= 11 is 2.77. The summed E-state index contributed by atoms with van der Waals surface area (Å²) in [5, 5.41) is 6.96. The van der Waals surface area contributed by atoms with E-state index in [1.807, 2.05) is 17.5 Å². The zero-order chi connectivity index (χ0) is 10.2. The highest BCUT2D eigenvalue weighted by molar-refractivity contribution is 7.91. The van der Waals surface area contributed by atoms with Gasteiger partial charge in [-0.25, -0.2) is 13.6 Å². The van der Waals surface area contributed by atoms with Gasteiger partial charge in [0, 0.05) is 9.75 Å². The van der Waals surface area contributed by atoms with Gasteiger partial charge in [0.1, 0.15) is 4.21 Å². The summed E-state index contributed by atoms with van der Waals surface area (Å²) in [5.74, 6) is 0. The van der Waals surface area contributed by atoms with Gasteiger partial charge in [-0.15, -0.1) is 22.7 Å². The van der Waals surface area contributed by atoms with Gasteiger partial charge in [-0.3, -0.25) is 0 Å². The highest BCUT2D eigenvalue weighted by Gasteiger charge is 2.12. The first kappa shape index (κ1) is 9.85. The monoisotopic (exact) mass is 245 g/mol. The van der Waals surface area contributed by atoms with Gasteiger partial charge in [-0.2, -0.15) is 0 Å². The van der Waals surface area contributed by atoms with Crippen molar-refractivity contribution < 1.29 is 8.42 Å². The quantitative estimate of drug-likeness (QED) is 0.881. The number of rotatable bonds is 2. The van der Waals surface area contributed by atoms with Crippen molar-refractivity contribution >= 4 is 32.7 Å². The first-order chi connectivity index (χ1) is 6.57. The third-order valence-corrected chi connectivity index (χ3v) is 5.22. The van der Waals surface area contributed by atoms with E-state index in [0.717, 1.165) is 9.75 Å². The van der Waals surface area contributed by atoms with Crippen LogP contribution in [0.1, 0.15) is 0 Å². The highest BCUT2D eigenvalue weighted by Crippen LogP contribution is 2.32. The molecular formula is C8H7NO2S3. The molecule has 0 aromatic carbocycles. The van der Waals surface area contributed by atoms with E-state index in [-0.39, 0.29) is 4.21 Å². The molecule has 6 heteroatoms. The van der Waals surface area contributed by atoms with Gasteiger partial charge in [0.25, 0.3) is 0 Å². The summed E-state index contributed by atoms with van der Waals surface area (Å²) in [7, 11) is -3.55. The van der Waals surface area contributed by atoms with Crippen molar-refractivity contribution in [2.24, 2.45) is 5.14 Å². The van der Waals surface area contributed by atoms with E-state index in [1.54, 1.807) is 17.4 Å². The van der Waals surface area contributed by atoms with Gasteiger partial charge in [-0.05, 0) is 23.6 Å². The smallest absolute Gasteiger partial charge is 0.224 e. The lowest BCUT2D eigenvalue weighted by Gasteiger charge is -1.90. The molecule has 0 aliphatic carbocycles. The molecule has 2 heterocycles. The summed E-state index contributed by atoms with van der Waals surface area (Å²) in [5.41, 5.74) is 0. The minimum atomic E-state index is -3.55. The zero-order valence-corrected chi connectivity index (χ0v) is 9.45. The van der Waals surface area contributed by atoms with E-state index in [4.69, 9.17) is 5.14 Å². The van der Waals surface area contributed by atoms with E-state index >= 15 is 0 Å². The molecule has 0 saturated carbocycles. The number of sulfonamides is 1. The third-order valence-electron chi connectivity index (χ3n) is 1.63. The maximum absolute atomic E-state index is 11.0. The summed E-state index contributed by atoms with van der Waals surface area (Å²) in [6.45, 7) is 0. The number of hydrogen-bond acceptors (Lipinski definition) is 4. The molecule has 2 N–H and O–H groups in total. The van der Waals surface area contributed by atoms with Crippen LogP contribution in [-0.4, -0.2) is 8.42 Å². The number of primary sulfonamides is 1. The van der Waals surface area contributed by atoms with Gasteiger partial charge in [0.15, 0.2) is 0 Å². The minimum absolute atomic E-state index is 0.209. The van der Waals surface area contributed by atoms with Crippen LogP contribution >= 0.6 is 22.7 Å². The van der Waals surface area contributed by atoms with E-state index in [9.17, 15) is 8.42 Å². The second-order valence-electron chi connectivity index (χ2n) is 2.64. The Hall–Kier alpha value is -0.690. The van der Waals surface area contributed by atoms with Crippen molar-refractivity contribution in [2.45, 2.75) is 4.21 Å². The van der Waals surface area contributed by atoms with Crippen LogP contribution in [0.4, 0.5) is 0 Å². The summed E-state index contributed by atoms with van der Waals surface area (Å²) < 4.78 is 22.2. The number of thiophene rings is 2. The van der Waals surface area contributed by atoms with Gasteiger partial charge < -0.3 is 0 Å². The molecule has 0 bridgehead atoms. The normalized spacial score (nSPS) is 11.8. The lowest BCUT2D eigenvalue weighted by molar-refractivity contribution is 0.600. The highest BCUT2D eigenvalue weighted by atomic mass is 32.2.